The third-order valence-corrected chi connectivity index (χ3v) is 2.40. The molecule has 0 aromatic rings. The van der Waals surface area contributed by atoms with Crippen LogP contribution in [0, 0.1) is 5.92 Å². The summed E-state index contributed by atoms with van der Waals surface area (Å²) in [6.07, 6.45) is -1.72. The van der Waals surface area contributed by atoms with Gasteiger partial charge < -0.3 is 14.6 Å². The smallest absolute Gasteiger partial charge is 0.334 e. The third-order valence-electron chi connectivity index (χ3n) is 2.40. The molecule has 0 saturated carbocycles. The van der Waals surface area contributed by atoms with Gasteiger partial charge in [0.25, 0.3) is 0 Å². The number of carbonyl (C=O) groups excluding carboxylic acids is 1. The molecule has 2 saturated heterocycles. The molecule has 2 aliphatic heterocycles. The summed E-state index contributed by atoms with van der Waals surface area (Å²) in [7, 11) is 0. The Hall–Kier alpha value is -0.870. The van der Waals surface area contributed by atoms with E-state index >= 15 is 0 Å². The molecule has 2 fully saturated rings. The molecule has 4 nitrogen and oxygen atoms in total. The minimum Gasteiger partial charge on any atom is -0.453 e. The van der Waals surface area contributed by atoms with Crippen LogP contribution in [0.2, 0.25) is 0 Å². The third kappa shape index (κ3) is 0.820. The molecule has 0 radical (unpaired) electrons. The number of fused-ring (bicyclic) bond motifs is 1. The summed E-state index contributed by atoms with van der Waals surface area (Å²) in [5.41, 5.74) is 0.407. The second-order valence-corrected chi connectivity index (χ2v) is 3.15. The SMILES string of the molecule is C=C1C(=O)O[C@@H]2[C@@H]1[C@@H](C)O[C@H]2O. The first-order valence-corrected chi connectivity index (χ1v) is 3.84. The average Bonchev–Trinajstić information content (AvgIpc) is 2.41. The Morgan fingerprint density at radius 1 is 1.58 bits per heavy atom. The predicted molar refractivity (Wildman–Crippen MR) is 39.1 cm³/mol. The van der Waals surface area contributed by atoms with E-state index in [1.165, 1.54) is 0 Å². The summed E-state index contributed by atoms with van der Waals surface area (Å²) in [6.45, 7) is 5.39. The van der Waals surface area contributed by atoms with Crippen molar-refractivity contribution >= 4 is 5.97 Å². The van der Waals surface area contributed by atoms with Crippen molar-refractivity contribution in [2.45, 2.75) is 25.4 Å². The van der Waals surface area contributed by atoms with E-state index < -0.39 is 18.4 Å². The molecule has 0 unspecified atom stereocenters. The van der Waals surface area contributed by atoms with Crippen molar-refractivity contribution in [1.82, 2.24) is 0 Å². The summed E-state index contributed by atoms with van der Waals surface area (Å²) in [4.78, 5) is 11.0. The fourth-order valence-electron chi connectivity index (χ4n) is 1.77. The Labute approximate surface area is 69.8 Å². The lowest BCUT2D eigenvalue weighted by molar-refractivity contribution is -0.161. The summed E-state index contributed by atoms with van der Waals surface area (Å²) in [6, 6.07) is 0. The molecule has 0 amide bonds. The Bertz CT molecular complexity index is 247. The maximum atomic E-state index is 11.0. The van der Waals surface area contributed by atoms with E-state index in [1.807, 2.05) is 0 Å². The molecule has 0 aliphatic carbocycles. The zero-order valence-corrected chi connectivity index (χ0v) is 6.69. The molecule has 0 bridgehead atoms. The second-order valence-electron chi connectivity index (χ2n) is 3.15. The van der Waals surface area contributed by atoms with Crippen LogP contribution in [0.5, 0.6) is 0 Å². The van der Waals surface area contributed by atoms with Crippen LogP contribution in [0.25, 0.3) is 0 Å². The average molecular weight is 170 g/mol. The van der Waals surface area contributed by atoms with Crippen LogP contribution in [-0.4, -0.2) is 29.6 Å². The van der Waals surface area contributed by atoms with Crippen LogP contribution in [0.3, 0.4) is 0 Å². The summed E-state index contributed by atoms with van der Waals surface area (Å²) in [5, 5.41) is 9.26. The number of rotatable bonds is 0. The molecule has 0 spiro atoms. The van der Waals surface area contributed by atoms with Gasteiger partial charge >= 0.3 is 5.97 Å². The fraction of sp³-hybridized carbons (Fsp3) is 0.625. The van der Waals surface area contributed by atoms with Crippen LogP contribution in [0.1, 0.15) is 6.92 Å². The largest absolute Gasteiger partial charge is 0.453 e. The van der Waals surface area contributed by atoms with Gasteiger partial charge in [-0.2, -0.15) is 0 Å². The van der Waals surface area contributed by atoms with Crippen molar-refractivity contribution in [1.29, 1.82) is 0 Å². The van der Waals surface area contributed by atoms with E-state index in [1.54, 1.807) is 6.92 Å². The zero-order valence-electron chi connectivity index (χ0n) is 6.69. The highest BCUT2D eigenvalue weighted by Gasteiger charge is 2.52. The first kappa shape index (κ1) is 7.76. The molecule has 12 heavy (non-hydrogen) atoms. The lowest BCUT2D eigenvalue weighted by Crippen LogP contribution is -2.24. The van der Waals surface area contributed by atoms with Crippen molar-refractivity contribution in [3.05, 3.63) is 12.2 Å². The van der Waals surface area contributed by atoms with Gasteiger partial charge in [-0.05, 0) is 6.92 Å². The van der Waals surface area contributed by atoms with E-state index in [9.17, 15) is 9.90 Å². The number of ether oxygens (including phenoxy) is 2. The maximum Gasteiger partial charge on any atom is 0.334 e. The van der Waals surface area contributed by atoms with Gasteiger partial charge in [0.15, 0.2) is 12.4 Å². The lowest BCUT2D eigenvalue weighted by atomic mass is 9.94. The molecule has 4 atom stereocenters. The molecular formula is C8H10O4. The number of aliphatic hydroxyl groups is 1. The summed E-state index contributed by atoms with van der Waals surface area (Å²) >= 11 is 0. The molecule has 0 aromatic heterocycles. The van der Waals surface area contributed by atoms with Gasteiger partial charge in [-0.25, -0.2) is 4.79 Å². The van der Waals surface area contributed by atoms with Crippen LogP contribution in [-0.2, 0) is 14.3 Å². The van der Waals surface area contributed by atoms with Crippen molar-refractivity contribution in [3.8, 4) is 0 Å². The van der Waals surface area contributed by atoms with Gasteiger partial charge in [0.1, 0.15) is 0 Å². The van der Waals surface area contributed by atoms with Crippen molar-refractivity contribution in [3.63, 3.8) is 0 Å². The van der Waals surface area contributed by atoms with E-state index in [-0.39, 0.29) is 12.0 Å². The van der Waals surface area contributed by atoms with Gasteiger partial charge in [0, 0.05) is 5.57 Å². The van der Waals surface area contributed by atoms with E-state index in [4.69, 9.17) is 9.47 Å². The highest BCUT2D eigenvalue weighted by atomic mass is 16.7. The van der Waals surface area contributed by atoms with E-state index in [0.717, 1.165) is 0 Å². The summed E-state index contributed by atoms with van der Waals surface area (Å²) < 4.78 is 9.93. The Balaban J connectivity index is 2.29. The van der Waals surface area contributed by atoms with Crippen LogP contribution in [0.4, 0.5) is 0 Å². The second kappa shape index (κ2) is 2.31. The summed E-state index contributed by atoms with van der Waals surface area (Å²) in [5.74, 6) is -0.591. The van der Waals surface area contributed by atoms with Gasteiger partial charge in [-0.3, -0.25) is 0 Å². The van der Waals surface area contributed by atoms with Crippen LogP contribution >= 0.6 is 0 Å². The number of aliphatic hydroxyl groups excluding tert-OH is 1. The van der Waals surface area contributed by atoms with Gasteiger partial charge in [-0.15, -0.1) is 0 Å². The van der Waals surface area contributed by atoms with Crippen LogP contribution < -0.4 is 0 Å². The molecule has 4 heteroatoms. The highest BCUT2D eigenvalue weighted by molar-refractivity contribution is 5.91. The molecule has 2 rings (SSSR count). The quantitative estimate of drug-likeness (QED) is 0.405. The minimum absolute atomic E-state index is 0.174. The van der Waals surface area contributed by atoms with Gasteiger partial charge in [-0.1, -0.05) is 6.58 Å². The van der Waals surface area contributed by atoms with Gasteiger partial charge in [0.05, 0.1) is 12.0 Å². The van der Waals surface area contributed by atoms with Crippen molar-refractivity contribution in [2.75, 3.05) is 0 Å². The minimum atomic E-state index is -0.992. The first-order valence-electron chi connectivity index (χ1n) is 3.84. The first-order chi connectivity index (χ1) is 5.61. The van der Waals surface area contributed by atoms with Crippen LogP contribution in [0.15, 0.2) is 12.2 Å². The Morgan fingerprint density at radius 2 is 2.25 bits per heavy atom. The highest BCUT2D eigenvalue weighted by Crippen LogP contribution is 2.38. The van der Waals surface area contributed by atoms with E-state index in [2.05, 4.69) is 6.58 Å². The monoisotopic (exact) mass is 170 g/mol. The standard InChI is InChI=1S/C8H10O4/c1-3-5-4(2)11-8(10)6(5)12-7(3)9/h4-6,8,10H,1H2,2H3/t4-,5+,6-,8-/m1/s1. The topological polar surface area (TPSA) is 55.8 Å². The molecule has 66 valence electrons. The Morgan fingerprint density at radius 3 is 2.83 bits per heavy atom. The maximum absolute atomic E-state index is 11.0. The fourth-order valence-corrected chi connectivity index (χ4v) is 1.77. The predicted octanol–water partition coefficient (Wildman–Crippen LogP) is -0.179. The number of esters is 1. The molecule has 1 N–H and O–H groups in total. The van der Waals surface area contributed by atoms with Crippen molar-refractivity contribution < 1.29 is 19.4 Å². The number of hydrogen-bond donors (Lipinski definition) is 1. The molecular weight excluding hydrogens is 160 g/mol. The Kier molecular flexibility index (Phi) is 1.49. The van der Waals surface area contributed by atoms with E-state index in [0.29, 0.717) is 5.57 Å². The lowest BCUT2D eigenvalue weighted by Gasteiger charge is -2.08. The van der Waals surface area contributed by atoms with Gasteiger partial charge in [0.2, 0.25) is 0 Å². The molecule has 0 aromatic carbocycles. The molecule has 2 aliphatic rings. The molecule has 2 heterocycles. The normalized spacial score (nSPS) is 46.2. The zero-order chi connectivity index (χ0) is 8.88. The number of hydrogen-bond acceptors (Lipinski definition) is 4. The van der Waals surface area contributed by atoms with Crippen molar-refractivity contribution in [2.24, 2.45) is 5.92 Å². The number of carbonyl (C=O) groups is 1.